The maximum absolute atomic E-state index is 4.85. The van der Waals surface area contributed by atoms with Gasteiger partial charge in [-0.1, -0.05) is 218 Å². The number of pyridine rings is 4. The van der Waals surface area contributed by atoms with Crippen LogP contribution in [0, 0.1) is 0 Å². The van der Waals surface area contributed by atoms with Gasteiger partial charge in [0.1, 0.15) is 0 Å². The van der Waals surface area contributed by atoms with E-state index >= 15 is 0 Å². The number of aromatic nitrogens is 4. The van der Waals surface area contributed by atoms with Gasteiger partial charge in [-0.05, 0) is 393 Å². The van der Waals surface area contributed by atoms with Crippen molar-refractivity contribution in [2.75, 3.05) is 19.6 Å². The molecule has 16 aromatic carbocycles. The number of benzene rings is 16. The van der Waals surface area contributed by atoms with Crippen LogP contribution in [0.25, 0.3) is 89.0 Å². The average Bonchev–Trinajstić information content (AvgIpc) is 1.14. The Hall–Kier alpha value is -16.7. The van der Waals surface area contributed by atoms with Crippen molar-refractivity contribution in [3.63, 3.8) is 0 Å². The van der Waals surface area contributed by atoms with Gasteiger partial charge in [0.2, 0.25) is 0 Å². The summed E-state index contributed by atoms with van der Waals surface area (Å²) in [5.74, 6) is 0. The number of anilines is 12. The Morgan fingerprint density at radius 2 is 0.407 bits per heavy atom. The fraction of sp³-hybridized carbons (Fsp3) is 0.121. The van der Waals surface area contributed by atoms with Crippen LogP contribution in [0.15, 0.2) is 340 Å². The standard InChI is InChI=1S/4C33H22N2/c1-3-7-26-19(5-1)11-21-9-10-27-28-15-23-13-25-18-34-17-24-12-20-6-2-4-8-30(20)35(33(24)25)31(23)16-22(28)14-29(27)32(21)26;1-3-7-24-19(5-1)14-28-25(24)9-10-26-27-16-23-17-30-33-21(11-12-34-30)13-20-6-2-4-8-31(20)35(33)32(23)18-22(27)15-29(26)28;1-3-7-25-19(5-1)13-21-9-10-26-27-16-24-14-22-11-12-34-29-17-20-6-2-4-8-30(20)35(33(22)29)31(24)18-23(27)15-28(26)32(21)25;1-3-7-25-19(5-1)13-21-9-10-26-27-16-24-17-29-33-22(11-12-34-29)14-20-6-2-4-8-30(20)35(33)31(24)18-23(27)15-28(26)32(21)25/h1-10,15-18H,11-14H2;3*1-12,16,18H,13-15,17H2. The first-order valence-electron chi connectivity index (χ1n) is 50.3. The van der Waals surface area contributed by atoms with E-state index in [-0.39, 0.29) is 0 Å². The molecular weight excluding hydrogens is 1700 g/mol. The summed E-state index contributed by atoms with van der Waals surface area (Å²) in [5.41, 5.74) is 84.2. The molecule has 0 spiro atoms. The van der Waals surface area contributed by atoms with E-state index in [2.05, 4.69) is 346 Å². The molecule has 36 rings (SSSR count). The number of nitrogens with zero attached hydrogens (tertiary/aromatic N) is 8. The largest absolute Gasteiger partial charge is 0.309 e. The minimum absolute atomic E-state index is 0.896. The molecule has 8 heteroatoms. The summed E-state index contributed by atoms with van der Waals surface area (Å²) in [6.45, 7) is 0. The molecule has 0 saturated carbocycles. The maximum Gasteiger partial charge on any atom is 0.0716 e. The Morgan fingerprint density at radius 1 is 0.150 bits per heavy atom. The first-order chi connectivity index (χ1) is 69.3. The van der Waals surface area contributed by atoms with Gasteiger partial charge in [0.05, 0.1) is 62.6 Å². The number of hydrogen-bond donors (Lipinski definition) is 0. The lowest BCUT2D eigenvalue weighted by Crippen LogP contribution is -2.25. The van der Waals surface area contributed by atoms with Gasteiger partial charge in [-0.2, -0.15) is 0 Å². The summed E-state index contributed by atoms with van der Waals surface area (Å²) in [7, 11) is 0. The van der Waals surface area contributed by atoms with Crippen molar-refractivity contribution in [2.24, 2.45) is 0 Å². The lowest BCUT2D eigenvalue weighted by atomic mass is 9.86. The van der Waals surface area contributed by atoms with Gasteiger partial charge in [-0.3, -0.25) is 19.9 Å². The second kappa shape index (κ2) is 28.5. The molecule has 656 valence electrons. The second-order valence-corrected chi connectivity index (χ2v) is 41.5. The third-order valence-corrected chi connectivity index (χ3v) is 34.2. The number of hydrogen-bond acceptors (Lipinski definition) is 8. The van der Waals surface area contributed by atoms with E-state index in [1.54, 1.807) is 0 Å². The van der Waals surface area contributed by atoms with Crippen molar-refractivity contribution in [1.29, 1.82) is 0 Å². The fourth-order valence-electron chi connectivity index (χ4n) is 28.3. The van der Waals surface area contributed by atoms with Crippen LogP contribution in [0.2, 0.25) is 0 Å². The summed E-state index contributed by atoms with van der Waals surface area (Å²) < 4.78 is 0. The van der Waals surface area contributed by atoms with Crippen LogP contribution >= 0.6 is 0 Å². The molecule has 8 aliphatic heterocycles. The Labute approximate surface area is 812 Å². The van der Waals surface area contributed by atoms with Crippen LogP contribution in [0.4, 0.5) is 68.2 Å². The molecule has 0 N–H and O–H groups in total. The number of para-hydroxylation sites is 4. The van der Waals surface area contributed by atoms with Gasteiger partial charge in [-0.25, -0.2) is 0 Å². The quantitative estimate of drug-likeness (QED) is 0.149. The zero-order valence-electron chi connectivity index (χ0n) is 77.2. The van der Waals surface area contributed by atoms with Crippen LogP contribution < -0.4 is 19.6 Å². The molecule has 20 aromatic rings. The van der Waals surface area contributed by atoms with Gasteiger partial charge in [0.15, 0.2) is 0 Å². The fourth-order valence-corrected chi connectivity index (χ4v) is 28.3. The maximum atomic E-state index is 4.85. The Balaban J connectivity index is 0.0000000829. The SMILES string of the molecule is c1ccc2c(c1)Cc1c-2ccc2c1Cc1cc3c(cc1-2)Cc1nccc2c1N3c1ccccc1C2.c1ccc2c(c1)Cc1ccc3c(c1-2)Cc1cc2c(cc1-3)Cc1ccnc3c1N2c1ccccc1C3.c1ccc2c(c1)Cc1ccc3c(c1-2)Cc1cc2c(cc1-3)Cc1cncc3c1N2c1ccccc1C3.c1ccc2c(c1)Cc1ccc3c(c1-2)Cc1cc2c(cc1-3)Cc1nccc3c1N2c1ccccc1C3. The molecule has 8 nitrogen and oxygen atoms in total. The number of fused-ring (bicyclic) bond motifs is 44. The lowest BCUT2D eigenvalue weighted by molar-refractivity contribution is 0.959. The van der Waals surface area contributed by atoms with Crippen LogP contribution in [0.1, 0.15) is 178 Å². The van der Waals surface area contributed by atoms with Crippen LogP contribution in [-0.4, -0.2) is 19.9 Å². The highest BCUT2D eigenvalue weighted by atomic mass is 15.2. The molecule has 0 radical (unpaired) electrons. The highest BCUT2D eigenvalue weighted by Gasteiger charge is 2.43. The Bertz CT molecular complexity index is 8510. The second-order valence-electron chi connectivity index (χ2n) is 41.5. The predicted octanol–water partition coefficient (Wildman–Crippen LogP) is 30.0. The lowest BCUT2D eigenvalue weighted by Gasteiger charge is -2.39. The van der Waals surface area contributed by atoms with Crippen molar-refractivity contribution >= 4 is 68.2 Å². The minimum atomic E-state index is 0.896. The molecule has 8 aliphatic carbocycles. The Morgan fingerprint density at radius 3 is 0.793 bits per heavy atom. The van der Waals surface area contributed by atoms with Gasteiger partial charge >= 0.3 is 0 Å². The smallest absolute Gasteiger partial charge is 0.0716 e. The van der Waals surface area contributed by atoms with Crippen LogP contribution in [0.5, 0.6) is 0 Å². The zero-order valence-corrected chi connectivity index (χ0v) is 77.2. The van der Waals surface area contributed by atoms with E-state index in [1.807, 2.05) is 18.6 Å². The molecule has 0 fully saturated rings. The third kappa shape index (κ3) is 10.8. The summed E-state index contributed by atoms with van der Waals surface area (Å²) >= 11 is 0. The summed E-state index contributed by atoms with van der Waals surface area (Å²) in [6.07, 6.45) is 26.0. The van der Waals surface area contributed by atoms with E-state index in [0.717, 1.165) is 103 Å². The van der Waals surface area contributed by atoms with E-state index in [1.165, 1.54) is 336 Å². The van der Waals surface area contributed by atoms with Gasteiger partial charge in [0, 0.05) is 105 Å². The topological polar surface area (TPSA) is 64.5 Å². The minimum Gasteiger partial charge on any atom is -0.309 e. The first kappa shape index (κ1) is 76.5. The van der Waals surface area contributed by atoms with Crippen LogP contribution in [-0.2, 0) is 103 Å². The summed E-state index contributed by atoms with van der Waals surface area (Å²) in [4.78, 5) is 29.2. The van der Waals surface area contributed by atoms with Crippen molar-refractivity contribution in [3.8, 4) is 89.0 Å². The molecule has 12 heterocycles. The molecule has 0 saturated heterocycles. The van der Waals surface area contributed by atoms with Crippen molar-refractivity contribution in [3.05, 3.63) is 519 Å². The van der Waals surface area contributed by atoms with Gasteiger partial charge in [-0.15, -0.1) is 0 Å². The summed E-state index contributed by atoms with van der Waals surface area (Å²) in [6, 6.07) is 117. The molecular formula is C132H88N8. The molecule has 0 amide bonds. The Kier molecular flexibility index (Phi) is 15.6. The van der Waals surface area contributed by atoms with Crippen molar-refractivity contribution in [1.82, 2.24) is 19.9 Å². The molecule has 140 heavy (non-hydrogen) atoms. The van der Waals surface area contributed by atoms with Crippen LogP contribution in [0.3, 0.4) is 0 Å². The van der Waals surface area contributed by atoms with Gasteiger partial charge in [0.25, 0.3) is 0 Å². The highest BCUT2D eigenvalue weighted by molar-refractivity contribution is 6.02. The molecule has 16 aliphatic rings. The normalized spacial score (nSPS) is 14.9. The average molecular weight is 1790 g/mol. The monoisotopic (exact) mass is 1780 g/mol. The first-order valence-corrected chi connectivity index (χ1v) is 50.3. The van der Waals surface area contributed by atoms with E-state index in [9.17, 15) is 0 Å². The molecule has 4 aromatic heterocycles. The molecule has 0 unspecified atom stereocenters. The van der Waals surface area contributed by atoms with E-state index in [4.69, 9.17) is 15.0 Å². The summed E-state index contributed by atoms with van der Waals surface area (Å²) in [5, 5.41) is 0. The third-order valence-electron chi connectivity index (χ3n) is 34.2. The predicted molar refractivity (Wildman–Crippen MR) is 564 cm³/mol. The number of rotatable bonds is 0. The zero-order chi connectivity index (χ0) is 90.7. The van der Waals surface area contributed by atoms with Gasteiger partial charge < -0.3 is 19.6 Å². The molecule has 0 atom stereocenters. The van der Waals surface area contributed by atoms with Crippen molar-refractivity contribution in [2.45, 2.75) is 103 Å². The highest BCUT2D eigenvalue weighted by Crippen LogP contribution is 2.62. The van der Waals surface area contributed by atoms with E-state index in [0.29, 0.717) is 0 Å². The van der Waals surface area contributed by atoms with Crippen molar-refractivity contribution < 1.29 is 0 Å². The van der Waals surface area contributed by atoms with E-state index < -0.39 is 0 Å². The molecule has 0 bridgehead atoms.